The van der Waals surface area contributed by atoms with Crippen molar-refractivity contribution in [1.29, 1.82) is 0 Å². The highest BCUT2D eigenvalue weighted by Crippen LogP contribution is 2.23. The highest BCUT2D eigenvalue weighted by atomic mass is 35.5. The van der Waals surface area contributed by atoms with Crippen molar-refractivity contribution in [2.75, 3.05) is 5.32 Å². The molecule has 0 aliphatic rings. The predicted molar refractivity (Wildman–Crippen MR) is 122 cm³/mol. The maximum atomic E-state index is 13.3. The van der Waals surface area contributed by atoms with Crippen LogP contribution in [0.1, 0.15) is 11.3 Å². The minimum absolute atomic E-state index is 0.268. The molecule has 4 rings (SSSR count). The average molecular weight is 437 g/mol. The molecule has 4 aromatic rings. The Labute approximate surface area is 183 Å². The van der Waals surface area contributed by atoms with Crippen molar-refractivity contribution in [2.45, 2.75) is 20.4 Å². The smallest absolute Gasteiger partial charge is 0.336 e. The minimum Gasteiger partial charge on any atom is -0.342 e. The number of aryl methyl sites for hydroxylation is 3. The average Bonchev–Trinajstić information content (AvgIpc) is 3.03. The number of nitrogens with zero attached hydrogens (tertiary/aromatic N) is 3. The molecule has 0 aliphatic carbocycles. The van der Waals surface area contributed by atoms with E-state index in [1.54, 1.807) is 60.1 Å². The molecule has 8 heteroatoms. The van der Waals surface area contributed by atoms with Crippen molar-refractivity contribution >= 4 is 34.2 Å². The van der Waals surface area contributed by atoms with Gasteiger partial charge in [0.15, 0.2) is 0 Å². The first-order valence-corrected chi connectivity index (χ1v) is 10.1. The summed E-state index contributed by atoms with van der Waals surface area (Å²) in [4.78, 5) is 39.4. The van der Waals surface area contributed by atoms with E-state index >= 15 is 0 Å². The molecule has 0 saturated heterocycles. The molecule has 31 heavy (non-hydrogen) atoms. The largest absolute Gasteiger partial charge is 0.342 e. The normalized spacial score (nSPS) is 11.1. The molecule has 2 aromatic heterocycles. The van der Waals surface area contributed by atoms with Gasteiger partial charge in [-0.2, -0.15) is 0 Å². The van der Waals surface area contributed by atoms with Crippen molar-refractivity contribution in [1.82, 2.24) is 13.7 Å². The van der Waals surface area contributed by atoms with Gasteiger partial charge < -0.3 is 9.88 Å². The third-order valence-electron chi connectivity index (χ3n) is 5.29. The fraction of sp³-hybridized carbons (Fsp3) is 0.174. The van der Waals surface area contributed by atoms with Crippen LogP contribution in [-0.2, 0) is 18.4 Å². The van der Waals surface area contributed by atoms with Crippen molar-refractivity contribution in [3.05, 3.63) is 91.7 Å². The molecular formula is C23H21ClN4O3. The van der Waals surface area contributed by atoms with Crippen molar-refractivity contribution in [3.8, 4) is 5.69 Å². The van der Waals surface area contributed by atoms with Gasteiger partial charge in [-0.15, -0.1) is 0 Å². The SMILES string of the molecule is Cc1ccc(NC(=O)Cn2c(=O)n(-c3ccccc3)c(=O)c3c2cc(C)n3C)c(Cl)c1. The van der Waals surface area contributed by atoms with Gasteiger partial charge in [0, 0.05) is 12.7 Å². The maximum Gasteiger partial charge on any atom is 0.336 e. The van der Waals surface area contributed by atoms with E-state index in [1.165, 1.54) is 4.57 Å². The Morgan fingerprint density at radius 3 is 2.42 bits per heavy atom. The van der Waals surface area contributed by atoms with Crippen LogP contribution in [0.15, 0.2) is 64.2 Å². The minimum atomic E-state index is -0.584. The van der Waals surface area contributed by atoms with Crippen LogP contribution >= 0.6 is 11.6 Å². The Balaban J connectivity index is 1.85. The number of fused-ring (bicyclic) bond motifs is 1. The van der Waals surface area contributed by atoms with E-state index in [9.17, 15) is 14.4 Å². The Bertz CT molecular complexity index is 1430. The summed E-state index contributed by atoms with van der Waals surface area (Å²) in [6, 6.07) is 15.7. The Hall–Kier alpha value is -3.58. The summed E-state index contributed by atoms with van der Waals surface area (Å²) < 4.78 is 4.13. The zero-order valence-corrected chi connectivity index (χ0v) is 18.1. The predicted octanol–water partition coefficient (Wildman–Crippen LogP) is 3.40. The summed E-state index contributed by atoms with van der Waals surface area (Å²) in [6.07, 6.45) is 0. The molecule has 0 spiro atoms. The molecular weight excluding hydrogens is 416 g/mol. The van der Waals surface area contributed by atoms with E-state index < -0.39 is 17.2 Å². The lowest BCUT2D eigenvalue weighted by molar-refractivity contribution is -0.116. The van der Waals surface area contributed by atoms with Crippen LogP contribution in [0.5, 0.6) is 0 Å². The van der Waals surface area contributed by atoms with E-state index in [2.05, 4.69) is 5.32 Å². The van der Waals surface area contributed by atoms with Gasteiger partial charge in [-0.05, 0) is 49.7 Å². The number of anilines is 1. The van der Waals surface area contributed by atoms with E-state index in [0.717, 1.165) is 15.8 Å². The second kappa shape index (κ2) is 7.92. The lowest BCUT2D eigenvalue weighted by atomic mass is 10.2. The van der Waals surface area contributed by atoms with E-state index in [0.29, 0.717) is 27.4 Å². The Kier molecular flexibility index (Phi) is 5.29. The van der Waals surface area contributed by atoms with E-state index in [1.807, 2.05) is 19.9 Å². The molecule has 0 aliphatic heterocycles. The van der Waals surface area contributed by atoms with Crippen molar-refractivity contribution in [3.63, 3.8) is 0 Å². The zero-order chi connectivity index (χ0) is 22.3. The van der Waals surface area contributed by atoms with Crippen LogP contribution in [0.4, 0.5) is 5.69 Å². The topological polar surface area (TPSA) is 78.0 Å². The first-order valence-electron chi connectivity index (χ1n) is 9.71. The van der Waals surface area contributed by atoms with Gasteiger partial charge in [-0.3, -0.25) is 14.2 Å². The van der Waals surface area contributed by atoms with Gasteiger partial charge in [0.1, 0.15) is 12.1 Å². The molecule has 0 atom stereocenters. The third kappa shape index (κ3) is 3.68. The molecule has 0 radical (unpaired) electrons. The fourth-order valence-electron chi connectivity index (χ4n) is 3.60. The standard InChI is InChI=1S/C23H21ClN4O3/c1-14-9-10-18(17(24)11-14)25-20(29)13-27-19-12-15(2)26(3)21(19)22(30)28(23(27)31)16-7-5-4-6-8-16/h4-12H,13H2,1-3H3,(H,25,29). The summed E-state index contributed by atoms with van der Waals surface area (Å²) in [7, 11) is 1.76. The number of hydrogen-bond donors (Lipinski definition) is 1. The Morgan fingerprint density at radius 2 is 1.74 bits per heavy atom. The number of aromatic nitrogens is 3. The van der Waals surface area contributed by atoms with Crippen LogP contribution < -0.4 is 16.6 Å². The zero-order valence-electron chi connectivity index (χ0n) is 17.3. The van der Waals surface area contributed by atoms with Crippen molar-refractivity contribution in [2.24, 2.45) is 7.05 Å². The molecule has 0 unspecified atom stereocenters. The fourth-order valence-corrected chi connectivity index (χ4v) is 3.88. The summed E-state index contributed by atoms with van der Waals surface area (Å²) in [5.74, 6) is -0.422. The number of nitrogens with one attached hydrogen (secondary N) is 1. The highest BCUT2D eigenvalue weighted by Gasteiger charge is 2.20. The van der Waals surface area contributed by atoms with Gasteiger partial charge >= 0.3 is 5.69 Å². The molecule has 7 nitrogen and oxygen atoms in total. The van der Waals surface area contributed by atoms with Crippen LogP contribution in [0.2, 0.25) is 5.02 Å². The van der Waals surface area contributed by atoms with E-state index in [4.69, 9.17) is 11.6 Å². The number of amides is 1. The van der Waals surface area contributed by atoms with Crippen LogP contribution in [0.3, 0.4) is 0 Å². The summed E-state index contributed by atoms with van der Waals surface area (Å²) >= 11 is 6.22. The lowest BCUT2D eigenvalue weighted by Crippen LogP contribution is -2.41. The second-order valence-electron chi connectivity index (χ2n) is 7.45. The summed E-state index contributed by atoms with van der Waals surface area (Å²) in [5.41, 5.74) is 2.41. The number of halogens is 1. The molecule has 0 fully saturated rings. The van der Waals surface area contributed by atoms with Crippen molar-refractivity contribution < 1.29 is 4.79 Å². The number of rotatable bonds is 4. The van der Waals surface area contributed by atoms with Gasteiger partial charge in [-0.25, -0.2) is 9.36 Å². The molecule has 2 aromatic carbocycles. The molecule has 1 N–H and O–H groups in total. The number of benzene rings is 2. The number of para-hydroxylation sites is 1. The first-order chi connectivity index (χ1) is 14.8. The molecule has 0 bridgehead atoms. The number of hydrogen-bond acceptors (Lipinski definition) is 3. The highest BCUT2D eigenvalue weighted by molar-refractivity contribution is 6.33. The Morgan fingerprint density at radius 1 is 1.03 bits per heavy atom. The van der Waals surface area contributed by atoms with Crippen LogP contribution in [-0.4, -0.2) is 19.6 Å². The van der Waals surface area contributed by atoms with Gasteiger partial charge in [0.25, 0.3) is 5.56 Å². The van der Waals surface area contributed by atoms with Crippen LogP contribution in [0, 0.1) is 13.8 Å². The molecule has 2 heterocycles. The van der Waals surface area contributed by atoms with Gasteiger partial charge in [0.05, 0.1) is 21.9 Å². The lowest BCUT2D eigenvalue weighted by Gasteiger charge is -2.13. The van der Waals surface area contributed by atoms with E-state index in [-0.39, 0.29) is 6.54 Å². The summed E-state index contributed by atoms with van der Waals surface area (Å²) in [5, 5.41) is 3.16. The summed E-state index contributed by atoms with van der Waals surface area (Å²) in [6.45, 7) is 3.47. The monoisotopic (exact) mass is 436 g/mol. The maximum absolute atomic E-state index is 13.3. The third-order valence-corrected chi connectivity index (χ3v) is 5.60. The van der Waals surface area contributed by atoms with Gasteiger partial charge in [0.2, 0.25) is 5.91 Å². The second-order valence-corrected chi connectivity index (χ2v) is 7.86. The van der Waals surface area contributed by atoms with Crippen LogP contribution in [0.25, 0.3) is 16.7 Å². The number of carbonyl (C=O) groups is 1. The number of carbonyl (C=O) groups excluding carboxylic acids is 1. The molecule has 0 saturated carbocycles. The molecule has 158 valence electrons. The van der Waals surface area contributed by atoms with Gasteiger partial charge in [-0.1, -0.05) is 35.9 Å². The first kappa shape index (κ1) is 20.7. The quantitative estimate of drug-likeness (QED) is 0.532. The molecule has 1 amide bonds.